The summed E-state index contributed by atoms with van der Waals surface area (Å²) in [6.07, 6.45) is -1.41. The van der Waals surface area contributed by atoms with Gasteiger partial charge in [-0.15, -0.1) is 0 Å². The molecule has 1 atom stereocenters. The summed E-state index contributed by atoms with van der Waals surface area (Å²) in [5, 5.41) is 0.531. The number of fused-ring (bicyclic) bond motifs is 1. The number of carbonyl (C=O) groups is 1. The number of ether oxygens (including phenoxy) is 1. The number of hydrogen-bond donors (Lipinski definition) is 0. The van der Waals surface area contributed by atoms with E-state index in [0.29, 0.717) is 30.0 Å². The van der Waals surface area contributed by atoms with Crippen LogP contribution in [0.5, 0.6) is 0 Å². The molecule has 4 rings (SSSR count). The van der Waals surface area contributed by atoms with Crippen molar-refractivity contribution in [3.05, 3.63) is 34.6 Å². The number of morpholine rings is 1. The molecule has 2 fully saturated rings. The molecule has 2 saturated heterocycles. The first-order valence-electron chi connectivity index (χ1n) is 9.35. The highest BCUT2D eigenvalue weighted by molar-refractivity contribution is 5.82. The fraction of sp³-hybridized carbons (Fsp3) is 0.526. The standard InChI is InChI=1S/C19H22F2N4O3/c1-23-16(26)13-4-2-3-5-14(13)22-18(23)25-10-11-28-15(12-25)17(27)24-8-6-19(20,21)7-9-24/h2-5,15H,6-12H2,1H3. The third-order valence-electron chi connectivity index (χ3n) is 5.39. The van der Waals surface area contributed by atoms with Crippen LogP contribution in [0.15, 0.2) is 29.1 Å². The van der Waals surface area contributed by atoms with Crippen molar-refractivity contribution < 1.29 is 18.3 Å². The average Bonchev–Trinajstić information content (AvgIpc) is 2.70. The van der Waals surface area contributed by atoms with Gasteiger partial charge in [-0.25, -0.2) is 13.8 Å². The number of carbonyl (C=O) groups excluding carboxylic acids is 1. The Morgan fingerprint density at radius 3 is 2.68 bits per heavy atom. The fourth-order valence-electron chi connectivity index (χ4n) is 3.73. The summed E-state index contributed by atoms with van der Waals surface area (Å²) in [4.78, 5) is 33.3. The lowest BCUT2D eigenvalue weighted by Crippen LogP contribution is -2.54. The molecular formula is C19H22F2N4O3. The number of piperidine rings is 1. The lowest BCUT2D eigenvalue weighted by atomic mass is 10.1. The molecule has 2 aliphatic rings. The molecule has 7 nitrogen and oxygen atoms in total. The molecular weight excluding hydrogens is 370 g/mol. The highest BCUT2D eigenvalue weighted by atomic mass is 19.3. The minimum Gasteiger partial charge on any atom is -0.365 e. The largest absolute Gasteiger partial charge is 0.365 e. The maximum Gasteiger partial charge on any atom is 0.262 e. The molecule has 0 aliphatic carbocycles. The van der Waals surface area contributed by atoms with E-state index in [1.165, 1.54) is 9.47 Å². The summed E-state index contributed by atoms with van der Waals surface area (Å²) in [5.74, 6) is -2.52. The van der Waals surface area contributed by atoms with E-state index in [-0.39, 0.29) is 43.9 Å². The van der Waals surface area contributed by atoms with Crippen LogP contribution >= 0.6 is 0 Å². The second-order valence-electron chi connectivity index (χ2n) is 7.28. The lowest BCUT2D eigenvalue weighted by molar-refractivity contribution is -0.150. The van der Waals surface area contributed by atoms with E-state index in [1.54, 1.807) is 25.2 Å². The highest BCUT2D eigenvalue weighted by Gasteiger charge is 2.39. The van der Waals surface area contributed by atoms with Crippen LogP contribution in [-0.4, -0.2) is 65.2 Å². The van der Waals surface area contributed by atoms with Gasteiger partial charge in [-0.1, -0.05) is 12.1 Å². The molecule has 2 aliphatic heterocycles. The Morgan fingerprint density at radius 2 is 1.93 bits per heavy atom. The van der Waals surface area contributed by atoms with Gasteiger partial charge < -0.3 is 14.5 Å². The van der Waals surface area contributed by atoms with Crippen LogP contribution in [0.2, 0.25) is 0 Å². The minimum absolute atomic E-state index is 0.0262. The SMILES string of the molecule is Cn1c(N2CCOC(C(=O)N3CCC(F)(F)CC3)C2)nc2ccccc2c1=O. The molecule has 9 heteroatoms. The van der Waals surface area contributed by atoms with Crippen LogP contribution in [-0.2, 0) is 16.6 Å². The number of rotatable bonds is 2. The molecule has 0 bridgehead atoms. The van der Waals surface area contributed by atoms with Crippen molar-refractivity contribution in [3.63, 3.8) is 0 Å². The maximum atomic E-state index is 13.4. The summed E-state index contributed by atoms with van der Waals surface area (Å²) in [5.41, 5.74) is 0.432. The lowest BCUT2D eigenvalue weighted by Gasteiger charge is -2.38. The quantitative estimate of drug-likeness (QED) is 0.773. The van der Waals surface area contributed by atoms with Gasteiger partial charge in [0.05, 0.1) is 24.1 Å². The molecule has 28 heavy (non-hydrogen) atoms. The van der Waals surface area contributed by atoms with Gasteiger partial charge in [0.1, 0.15) is 0 Å². The summed E-state index contributed by atoms with van der Waals surface area (Å²) in [7, 11) is 1.65. The Balaban J connectivity index is 1.54. The first kappa shape index (κ1) is 18.8. The average molecular weight is 392 g/mol. The van der Waals surface area contributed by atoms with Gasteiger partial charge in [0, 0.05) is 39.5 Å². The van der Waals surface area contributed by atoms with Gasteiger partial charge >= 0.3 is 0 Å². The molecule has 3 heterocycles. The van der Waals surface area contributed by atoms with Crippen molar-refractivity contribution in [2.24, 2.45) is 7.05 Å². The van der Waals surface area contributed by atoms with Gasteiger partial charge in [-0.2, -0.15) is 0 Å². The van der Waals surface area contributed by atoms with Gasteiger partial charge in [0.2, 0.25) is 5.95 Å². The predicted molar refractivity (Wildman–Crippen MR) is 99.7 cm³/mol. The number of anilines is 1. The topological polar surface area (TPSA) is 67.7 Å². The number of halogens is 2. The zero-order valence-electron chi connectivity index (χ0n) is 15.6. The first-order valence-corrected chi connectivity index (χ1v) is 9.35. The number of alkyl halides is 2. The zero-order chi connectivity index (χ0) is 19.9. The molecule has 1 amide bonds. The van der Waals surface area contributed by atoms with Crippen LogP contribution in [0.4, 0.5) is 14.7 Å². The number of hydrogen-bond acceptors (Lipinski definition) is 5. The number of para-hydroxylation sites is 1. The molecule has 0 spiro atoms. The van der Waals surface area contributed by atoms with Crippen molar-refractivity contribution in [1.29, 1.82) is 0 Å². The number of amides is 1. The van der Waals surface area contributed by atoms with E-state index in [2.05, 4.69) is 4.98 Å². The van der Waals surface area contributed by atoms with E-state index in [1.807, 2.05) is 11.0 Å². The van der Waals surface area contributed by atoms with Crippen molar-refractivity contribution in [1.82, 2.24) is 14.5 Å². The Hall–Kier alpha value is -2.55. The molecule has 0 N–H and O–H groups in total. The van der Waals surface area contributed by atoms with E-state index >= 15 is 0 Å². The van der Waals surface area contributed by atoms with Crippen LogP contribution in [0.25, 0.3) is 10.9 Å². The van der Waals surface area contributed by atoms with Gasteiger partial charge in [0.15, 0.2) is 6.10 Å². The summed E-state index contributed by atoms with van der Waals surface area (Å²) >= 11 is 0. The maximum absolute atomic E-state index is 13.4. The molecule has 150 valence electrons. The van der Waals surface area contributed by atoms with E-state index < -0.39 is 12.0 Å². The van der Waals surface area contributed by atoms with Crippen molar-refractivity contribution in [2.45, 2.75) is 24.9 Å². The molecule has 1 unspecified atom stereocenters. The molecule has 1 aromatic heterocycles. The van der Waals surface area contributed by atoms with Crippen LogP contribution in [0.3, 0.4) is 0 Å². The Labute approximate surface area is 160 Å². The Kier molecular flexibility index (Phi) is 4.78. The molecule has 0 radical (unpaired) electrons. The summed E-state index contributed by atoms with van der Waals surface area (Å²) in [6.45, 7) is 1.06. The van der Waals surface area contributed by atoms with E-state index in [4.69, 9.17) is 4.74 Å². The second-order valence-corrected chi connectivity index (χ2v) is 7.28. The molecule has 0 saturated carbocycles. The smallest absolute Gasteiger partial charge is 0.262 e. The van der Waals surface area contributed by atoms with Gasteiger partial charge in [0.25, 0.3) is 17.4 Å². The Bertz CT molecular complexity index is 952. The summed E-state index contributed by atoms with van der Waals surface area (Å²) in [6, 6.07) is 7.11. The Morgan fingerprint density at radius 1 is 1.21 bits per heavy atom. The van der Waals surface area contributed by atoms with Crippen molar-refractivity contribution >= 4 is 22.8 Å². The highest BCUT2D eigenvalue weighted by Crippen LogP contribution is 2.28. The van der Waals surface area contributed by atoms with Gasteiger partial charge in [-0.05, 0) is 12.1 Å². The monoisotopic (exact) mass is 392 g/mol. The number of nitrogens with zero attached hydrogens (tertiary/aromatic N) is 4. The van der Waals surface area contributed by atoms with Gasteiger partial charge in [-0.3, -0.25) is 14.2 Å². The first-order chi connectivity index (χ1) is 13.4. The molecule has 1 aromatic carbocycles. The van der Waals surface area contributed by atoms with Crippen LogP contribution in [0, 0.1) is 0 Å². The third-order valence-corrected chi connectivity index (χ3v) is 5.39. The molecule has 2 aromatic rings. The van der Waals surface area contributed by atoms with Crippen molar-refractivity contribution in [3.8, 4) is 0 Å². The number of aromatic nitrogens is 2. The van der Waals surface area contributed by atoms with Crippen molar-refractivity contribution in [2.75, 3.05) is 37.7 Å². The zero-order valence-corrected chi connectivity index (χ0v) is 15.6. The third kappa shape index (κ3) is 3.46. The van der Waals surface area contributed by atoms with E-state index in [9.17, 15) is 18.4 Å². The number of likely N-dealkylation sites (tertiary alicyclic amines) is 1. The predicted octanol–water partition coefficient (Wildman–Crippen LogP) is 1.40. The fourth-order valence-corrected chi connectivity index (χ4v) is 3.73. The van der Waals surface area contributed by atoms with E-state index in [0.717, 1.165) is 0 Å². The van der Waals surface area contributed by atoms with Crippen LogP contribution in [0.1, 0.15) is 12.8 Å². The van der Waals surface area contributed by atoms with Crippen LogP contribution < -0.4 is 10.5 Å². The second kappa shape index (κ2) is 7.12. The number of benzene rings is 1. The minimum atomic E-state index is -2.70. The normalized spacial score (nSPS) is 22.5. The summed E-state index contributed by atoms with van der Waals surface area (Å²) < 4.78 is 33.8.